The maximum Gasteiger partial charge on any atom is 0.343 e. The van der Waals surface area contributed by atoms with E-state index in [0.717, 1.165) is 25.7 Å². The van der Waals surface area contributed by atoms with Crippen LogP contribution in [0.3, 0.4) is 0 Å². The molecule has 34 heavy (non-hydrogen) atoms. The number of aliphatic hydroxyl groups is 1. The molecule has 1 fully saturated rings. The zero-order chi connectivity index (χ0) is 24.8. The molecule has 0 radical (unpaired) electrons. The Morgan fingerprint density at radius 3 is 2.44 bits per heavy atom. The molecular formula is C26H32O8. The fourth-order valence-electron chi connectivity index (χ4n) is 6.07. The molecule has 0 aromatic heterocycles. The summed E-state index contributed by atoms with van der Waals surface area (Å²) < 4.78 is 10.4. The van der Waals surface area contributed by atoms with Gasteiger partial charge < -0.3 is 14.6 Å². The van der Waals surface area contributed by atoms with E-state index < -0.39 is 58.4 Å². The first-order valence-electron chi connectivity index (χ1n) is 12.3. The van der Waals surface area contributed by atoms with Gasteiger partial charge in [-0.25, -0.2) is 9.59 Å². The fourth-order valence-corrected chi connectivity index (χ4v) is 6.07. The van der Waals surface area contributed by atoms with Gasteiger partial charge >= 0.3 is 17.9 Å². The highest BCUT2D eigenvalue weighted by molar-refractivity contribution is 6.38. The maximum absolute atomic E-state index is 13.4. The van der Waals surface area contributed by atoms with Crippen LogP contribution in [0.25, 0.3) is 0 Å². The molecule has 8 heteroatoms. The third-order valence-corrected chi connectivity index (χ3v) is 7.88. The summed E-state index contributed by atoms with van der Waals surface area (Å²) in [6.45, 7) is 5.53. The number of carbonyl (C=O) groups is 5. The predicted molar refractivity (Wildman–Crippen MR) is 119 cm³/mol. The van der Waals surface area contributed by atoms with Crippen molar-refractivity contribution in [1.29, 1.82) is 0 Å². The lowest BCUT2D eigenvalue weighted by Gasteiger charge is -2.43. The molecule has 4 rings (SSSR count). The number of allylic oxidation sites excluding steroid dienone is 1. The molecule has 2 heterocycles. The first-order valence-corrected chi connectivity index (χ1v) is 12.3. The molecule has 0 amide bonds. The van der Waals surface area contributed by atoms with Crippen LogP contribution in [0, 0.1) is 23.2 Å². The number of cyclic esters (lactones) is 2. The number of unbranched alkanes of at least 4 members (excludes halogenated alkanes) is 4. The van der Waals surface area contributed by atoms with E-state index in [1.807, 2.05) is 6.92 Å². The van der Waals surface area contributed by atoms with Crippen molar-refractivity contribution in [1.82, 2.24) is 0 Å². The summed E-state index contributed by atoms with van der Waals surface area (Å²) in [7, 11) is 0. The molecule has 4 bridgehead atoms. The highest BCUT2D eigenvalue weighted by Crippen LogP contribution is 2.62. The lowest BCUT2D eigenvalue weighted by atomic mass is 9.61. The fraction of sp³-hybridized carbons (Fsp3) is 0.654. The number of rotatable bonds is 10. The van der Waals surface area contributed by atoms with Gasteiger partial charge in [-0.1, -0.05) is 52.0 Å². The molecule has 1 N–H and O–H groups in total. The molecule has 5 unspecified atom stereocenters. The predicted octanol–water partition coefficient (Wildman–Crippen LogP) is 3.11. The Morgan fingerprint density at radius 1 is 1.06 bits per heavy atom. The molecule has 0 aromatic carbocycles. The van der Waals surface area contributed by atoms with Crippen molar-refractivity contribution in [3.8, 4) is 0 Å². The first kappa shape index (κ1) is 24.5. The number of carbonyl (C=O) groups excluding carboxylic acids is 5. The Labute approximate surface area is 198 Å². The van der Waals surface area contributed by atoms with Crippen LogP contribution in [0.4, 0.5) is 0 Å². The summed E-state index contributed by atoms with van der Waals surface area (Å²) in [5.74, 6) is -8.45. The lowest BCUT2D eigenvalue weighted by molar-refractivity contribution is -0.205. The molecule has 1 saturated heterocycles. The molecule has 2 aliphatic heterocycles. The van der Waals surface area contributed by atoms with Gasteiger partial charge in [-0.05, 0) is 32.1 Å². The zero-order valence-corrected chi connectivity index (χ0v) is 20.0. The average Bonchev–Trinajstić information content (AvgIpc) is 3.14. The average molecular weight is 473 g/mol. The van der Waals surface area contributed by atoms with E-state index in [1.165, 1.54) is 13.0 Å². The van der Waals surface area contributed by atoms with Crippen molar-refractivity contribution in [2.45, 2.75) is 84.3 Å². The Hall–Kier alpha value is -2.61. The molecule has 0 spiro atoms. The number of hydrogen-bond donors (Lipinski definition) is 1. The monoisotopic (exact) mass is 472 g/mol. The van der Waals surface area contributed by atoms with E-state index in [4.69, 9.17) is 9.47 Å². The van der Waals surface area contributed by atoms with Crippen LogP contribution in [0.5, 0.6) is 0 Å². The summed E-state index contributed by atoms with van der Waals surface area (Å²) in [4.78, 5) is 64.6. The topological polar surface area (TPSA) is 124 Å². The number of ether oxygens (including phenoxy) is 2. The van der Waals surface area contributed by atoms with Crippen LogP contribution in [0.15, 0.2) is 22.8 Å². The summed E-state index contributed by atoms with van der Waals surface area (Å²) in [6, 6.07) is 0. The van der Waals surface area contributed by atoms with Crippen molar-refractivity contribution in [2.24, 2.45) is 23.2 Å². The van der Waals surface area contributed by atoms with Gasteiger partial charge in [0, 0.05) is 17.9 Å². The quantitative estimate of drug-likeness (QED) is 0.169. The van der Waals surface area contributed by atoms with E-state index in [0.29, 0.717) is 19.3 Å². The van der Waals surface area contributed by atoms with Gasteiger partial charge in [0.2, 0.25) is 11.6 Å². The second-order valence-electron chi connectivity index (χ2n) is 10.2. The standard InChI is InChI=1S/C26H32O8/c1-4-6-8-9-10-14-15(21(28)17(27)11-7-5-2)12-18-25(3)13-16-19(23(30)33-22(16)29)20(14)26(18,32)34-24(25)31/h12,14-15,20,32H,4-11,13H2,1-3H3. The van der Waals surface area contributed by atoms with Crippen molar-refractivity contribution in [3.63, 3.8) is 0 Å². The second kappa shape index (κ2) is 8.87. The normalized spacial score (nSPS) is 33.8. The molecule has 2 aliphatic carbocycles. The van der Waals surface area contributed by atoms with Gasteiger partial charge in [-0.15, -0.1) is 0 Å². The molecular weight excluding hydrogens is 440 g/mol. The van der Waals surface area contributed by atoms with E-state index in [1.54, 1.807) is 0 Å². The van der Waals surface area contributed by atoms with Crippen molar-refractivity contribution in [3.05, 3.63) is 22.8 Å². The third-order valence-electron chi connectivity index (χ3n) is 7.88. The summed E-state index contributed by atoms with van der Waals surface area (Å²) in [6.07, 6.45) is 6.76. The molecule has 0 saturated carbocycles. The molecule has 4 aliphatic rings. The van der Waals surface area contributed by atoms with Gasteiger partial charge in [0.25, 0.3) is 0 Å². The number of fused-ring (bicyclic) bond motifs is 1. The van der Waals surface area contributed by atoms with Crippen molar-refractivity contribution in [2.75, 3.05) is 0 Å². The SMILES string of the molecule is CCCCCCC1C(C(=O)C(=O)CCCC)C=C2C3(C)CC4=C(C(=O)OC4=O)C1C2(O)OC3=O. The van der Waals surface area contributed by atoms with Gasteiger partial charge in [0.15, 0.2) is 5.78 Å². The van der Waals surface area contributed by atoms with E-state index >= 15 is 0 Å². The Morgan fingerprint density at radius 2 is 1.76 bits per heavy atom. The molecule has 8 nitrogen and oxygen atoms in total. The Bertz CT molecular complexity index is 1020. The number of hydrogen-bond acceptors (Lipinski definition) is 8. The van der Waals surface area contributed by atoms with Gasteiger partial charge in [0.1, 0.15) is 0 Å². The smallest absolute Gasteiger partial charge is 0.343 e. The Kier molecular flexibility index (Phi) is 6.40. The van der Waals surface area contributed by atoms with E-state index in [2.05, 4.69) is 6.92 Å². The van der Waals surface area contributed by atoms with Crippen LogP contribution in [0.1, 0.15) is 78.6 Å². The third kappa shape index (κ3) is 3.58. The maximum atomic E-state index is 13.4. The summed E-state index contributed by atoms with van der Waals surface area (Å²) in [5, 5.41) is 11.8. The van der Waals surface area contributed by atoms with Crippen LogP contribution >= 0.6 is 0 Å². The number of esters is 3. The zero-order valence-electron chi connectivity index (χ0n) is 20.0. The first-order chi connectivity index (χ1) is 16.1. The summed E-state index contributed by atoms with van der Waals surface area (Å²) in [5.41, 5.74) is -1.24. The molecule has 0 aromatic rings. The minimum atomic E-state index is -2.16. The highest BCUT2D eigenvalue weighted by Gasteiger charge is 2.70. The molecule has 5 atom stereocenters. The van der Waals surface area contributed by atoms with Crippen molar-refractivity contribution >= 4 is 29.5 Å². The van der Waals surface area contributed by atoms with Crippen LogP contribution in [-0.2, 0) is 33.4 Å². The van der Waals surface area contributed by atoms with Crippen LogP contribution in [0.2, 0.25) is 0 Å². The highest BCUT2D eigenvalue weighted by atomic mass is 16.7. The van der Waals surface area contributed by atoms with Gasteiger partial charge in [-0.2, -0.15) is 0 Å². The van der Waals surface area contributed by atoms with Crippen molar-refractivity contribution < 1.29 is 38.6 Å². The minimum Gasteiger partial charge on any atom is -0.428 e. The van der Waals surface area contributed by atoms with Gasteiger partial charge in [0.05, 0.1) is 22.5 Å². The van der Waals surface area contributed by atoms with Gasteiger partial charge in [-0.3, -0.25) is 14.4 Å². The minimum absolute atomic E-state index is 0.0198. The number of Topliss-reactive ketones (excluding diaryl/α,β-unsaturated/α-hetero) is 2. The van der Waals surface area contributed by atoms with E-state index in [-0.39, 0.29) is 29.6 Å². The Balaban J connectivity index is 1.86. The molecule has 184 valence electrons. The summed E-state index contributed by atoms with van der Waals surface area (Å²) >= 11 is 0. The lowest BCUT2D eigenvalue weighted by Crippen LogP contribution is -2.52. The number of ketones is 2. The van der Waals surface area contributed by atoms with Crippen LogP contribution < -0.4 is 0 Å². The largest absolute Gasteiger partial charge is 0.428 e. The van der Waals surface area contributed by atoms with E-state index in [9.17, 15) is 29.1 Å². The van der Waals surface area contributed by atoms with Crippen LogP contribution in [-0.4, -0.2) is 40.4 Å². The second-order valence-corrected chi connectivity index (χ2v) is 10.2.